The summed E-state index contributed by atoms with van der Waals surface area (Å²) in [6, 6.07) is 11.9. The first-order valence-corrected chi connectivity index (χ1v) is 15.6. The number of ether oxygens (including phenoxy) is 2. The van der Waals surface area contributed by atoms with Crippen LogP contribution in [0.2, 0.25) is 10.0 Å². The van der Waals surface area contributed by atoms with Crippen molar-refractivity contribution in [2.45, 2.75) is 75.3 Å². The van der Waals surface area contributed by atoms with Crippen LogP contribution < -0.4 is 14.2 Å². The number of rotatable bonds is 10. The second kappa shape index (κ2) is 13.4. The molecule has 4 rings (SSSR count). The minimum atomic E-state index is -3.92. The lowest BCUT2D eigenvalue weighted by Crippen LogP contribution is -2.46. The van der Waals surface area contributed by atoms with E-state index in [0.29, 0.717) is 41.3 Å². The van der Waals surface area contributed by atoms with Crippen LogP contribution in [0.25, 0.3) is 0 Å². The normalized spacial score (nSPS) is 21.1. The Morgan fingerprint density at radius 3 is 2.24 bits per heavy atom. The number of benzene rings is 2. The maximum atomic E-state index is 12.8. The predicted molar refractivity (Wildman–Crippen MR) is 150 cm³/mol. The van der Waals surface area contributed by atoms with E-state index in [1.54, 1.807) is 24.3 Å². The molecule has 0 aromatic heterocycles. The molecule has 2 aromatic carbocycles. The van der Waals surface area contributed by atoms with Gasteiger partial charge in [-0.3, -0.25) is 4.79 Å². The van der Waals surface area contributed by atoms with Crippen molar-refractivity contribution in [3.05, 3.63) is 52.5 Å². The van der Waals surface area contributed by atoms with Crippen LogP contribution in [0.15, 0.2) is 47.4 Å². The summed E-state index contributed by atoms with van der Waals surface area (Å²) in [5.41, 5.74) is 0. The molecule has 1 saturated carbocycles. The molecule has 2 fully saturated rings. The average Bonchev–Trinajstić information content (AvgIpc) is 2.91. The number of unbranched alkanes of at least 4 members (excludes halogenated alkanes) is 1. The summed E-state index contributed by atoms with van der Waals surface area (Å²) >= 11 is 12.1. The van der Waals surface area contributed by atoms with Gasteiger partial charge in [0.2, 0.25) is 5.91 Å². The molecular formula is C28H36Cl2N2O5S. The van der Waals surface area contributed by atoms with Crippen molar-refractivity contribution in [3.63, 3.8) is 0 Å². The fourth-order valence-electron chi connectivity index (χ4n) is 5.13. The zero-order valence-electron chi connectivity index (χ0n) is 21.7. The van der Waals surface area contributed by atoms with Gasteiger partial charge in [0.1, 0.15) is 17.6 Å². The number of amides is 1. The highest BCUT2D eigenvalue weighted by molar-refractivity contribution is 7.90. The van der Waals surface area contributed by atoms with E-state index in [1.807, 2.05) is 6.07 Å². The van der Waals surface area contributed by atoms with E-state index >= 15 is 0 Å². The Morgan fingerprint density at radius 2 is 1.61 bits per heavy atom. The summed E-state index contributed by atoms with van der Waals surface area (Å²) in [4.78, 5) is 15.3. The number of carbonyl (C=O) groups is 1. The van der Waals surface area contributed by atoms with Gasteiger partial charge in [0.25, 0.3) is 10.0 Å². The van der Waals surface area contributed by atoms with E-state index in [-0.39, 0.29) is 16.9 Å². The number of sulfonamides is 1. The zero-order valence-corrected chi connectivity index (χ0v) is 24.0. The molecule has 1 N–H and O–H groups in total. The van der Waals surface area contributed by atoms with Gasteiger partial charge in [0.15, 0.2) is 0 Å². The minimum absolute atomic E-state index is 0.0633. The van der Waals surface area contributed by atoms with Gasteiger partial charge >= 0.3 is 0 Å². The third kappa shape index (κ3) is 7.78. The standard InChI is InChI=1S/C28H36Cl2N2O5S/c1-2-3-18-36-22-8-11-25(12-9-22)38(34,35)31-28(33)20-4-6-21(7-5-20)32-16-14-23(15-17-32)37-24-10-13-26(29)27(30)19-24/h8-13,19-21,23H,2-7,14-18H2,1H3,(H,31,33). The number of likely N-dealkylation sites (tertiary alicyclic amines) is 1. The summed E-state index contributed by atoms with van der Waals surface area (Å²) in [5.74, 6) is 0.635. The third-order valence-corrected chi connectivity index (χ3v) is 9.49. The number of nitrogens with zero attached hydrogens (tertiary/aromatic N) is 1. The number of piperidine rings is 1. The summed E-state index contributed by atoms with van der Waals surface area (Å²) in [7, 11) is -3.92. The number of halogens is 2. The van der Waals surface area contributed by atoms with Gasteiger partial charge in [0, 0.05) is 31.1 Å². The van der Waals surface area contributed by atoms with Gasteiger partial charge in [-0.2, -0.15) is 0 Å². The number of carbonyl (C=O) groups excluding carboxylic acids is 1. The predicted octanol–water partition coefficient (Wildman–Crippen LogP) is 6.08. The molecular weight excluding hydrogens is 547 g/mol. The second-order valence-corrected chi connectivity index (χ2v) is 12.6. The van der Waals surface area contributed by atoms with Crippen molar-refractivity contribution in [1.82, 2.24) is 9.62 Å². The SMILES string of the molecule is CCCCOc1ccc(S(=O)(=O)NC(=O)C2CCC(N3CCC(Oc4ccc(Cl)c(Cl)c4)CC3)CC2)cc1. The van der Waals surface area contributed by atoms with Crippen LogP contribution in [-0.2, 0) is 14.8 Å². The lowest BCUT2D eigenvalue weighted by molar-refractivity contribution is -0.124. The van der Waals surface area contributed by atoms with Crippen LogP contribution in [0.5, 0.6) is 11.5 Å². The maximum absolute atomic E-state index is 12.8. The smallest absolute Gasteiger partial charge is 0.264 e. The van der Waals surface area contributed by atoms with Crippen LogP contribution >= 0.6 is 23.2 Å². The number of hydrogen-bond acceptors (Lipinski definition) is 6. The van der Waals surface area contributed by atoms with Crippen LogP contribution in [-0.4, -0.2) is 51.1 Å². The Kier molecular flexibility index (Phi) is 10.2. The molecule has 1 aliphatic heterocycles. The minimum Gasteiger partial charge on any atom is -0.494 e. The third-order valence-electron chi connectivity index (χ3n) is 7.39. The molecule has 38 heavy (non-hydrogen) atoms. The van der Waals surface area contributed by atoms with E-state index in [9.17, 15) is 13.2 Å². The molecule has 0 unspecified atom stereocenters. The zero-order chi connectivity index (χ0) is 27.1. The fraction of sp³-hybridized carbons (Fsp3) is 0.536. The Balaban J connectivity index is 1.20. The van der Waals surface area contributed by atoms with Crippen LogP contribution in [0.3, 0.4) is 0 Å². The first kappa shape index (κ1) is 29.0. The van der Waals surface area contributed by atoms with Gasteiger partial charge in [0.05, 0.1) is 21.5 Å². The van der Waals surface area contributed by atoms with Gasteiger partial charge < -0.3 is 14.4 Å². The van der Waals surface area contributed by atoms with Gasteiger partial charge in [-0.1, -0.05) is 36.5 Å². The molecule has 2 aliphatic rings. The van der Waals surface area contributed by atoms with Crippen LogP contribution in [0.1, 0.15) is 58.3 Å². The van der Waals surface area contributed by atoms with Crippen molar-refractivity contribution in [3.8, 4) is 11.5 Å². The van der Waals surface area contributed by atoms with Crippen molar-refractivity contribution >= 4 is 39.1 Å². The van der Waals surface area contributed by atoms with Crippen molar-refractivity contribution in [1.29, 1.82) is 0 Å². The summed E-state index contributed by atoms with van der Waals surface area (Å²) < 4.78 is 39.5. The highest BCUT2D eigenvalue weighted by Gasteiger charge is 2.33. The largest absolute Gasteiger partial charge is 0.494 e. The first-order chi connectivity index (χ1) is 18.2. The lowest BCUT2D eigenvalue weighted by Gasteiger charge is -2.40. The number of nitrogens with one attached hydrogen (secondary N) is 1. The quantitative estimate of drug-likeness (QED) is 0.342. The molecule has 0 radical (unpaired) electrons. The highest BCUT2D eigenvalue weighted by atomic mass is 35.5. The lowest BCUT2D eigenvalue weighted by atomic mass is 9.84. The molecule has 0 bridgehead atoms. The van der Waals surface area contributed by atoms with E-state index < -0.39 is 15.9 Å². The van der Waals surface area contributed by atoms with Gasteiger partial charge in [-0.15, -0.1) is 0 Å². The molecule has 1 amide bonds. The van der Waals surface area contributed by atoms with Gasteiger partial charge in [-0.25, -0.2) is 13.1 Å². The molecule has 1 aliphatic carbocycles. The molecule has 0 atom stereocenters. The molecule has 0 spiro atoms. The molecule has 10 heteroatoms. The number of hydrogen-bond donors (Lipinski definition) is 1. The van der Waals surface area contributed by atoms with Crippen LogP contribution in [0, 0.1) is 5.92 Å². The molecule has 208 valence electrons. The first-order valence-electron chi connectivity index (χ1n) is 13.4. The Bertz CT molecular complexity index is 1180. The summed E-state index contributed by atoms with van der Waals surface area (Å²) in [6.07, 6.45) is 7.03. The Labute approximate surface area is 235 Å². The highest BCUT2D eigenvalue weighted by Crippen LogP contribution is 2.32. The molecule has 2 aromatic rings. The maximum Gasteiger partial charge on any atom is 0.264 e. The van der Waals surface area contributed by atoms with E-state index in [1.165, 1.54) is 12.1 Å². The van der Waals surface area contributed by atoms with Crippen molar-refractivity contribution in [2.24, 2.45) is 5.92 Å². The van der Waals surface area contributed by atoms with Crippen molar-refractivity contribution < 1.29 is 22.7 Å². The molecule has 1 saturated heterocycles. The Morgan fingerprint density at radius 1 is 0.947 bits per heavy atom. The topological polar surface area (TPSA) is 84.9 Å². The second-order valence-electron chi connectivity index (χ2n) is 10.1. The van der Waals surface area contributed by atoms with E-state index in [2.05, 4.69) is 16.5 Å². The van der Waals surface area contributed by atoms with E-state index in [0.717, 1.165) is 57.4 Å². The van der Waals surface area contributed by atoms with E-state index in [4.69, 9.17) is 32.7 Å². The average molecular weight is 584 g/mol. The monoisotopic (exact) mass is 582 g/mol. The van der Waals surface area contributed by atoms with Crippen molar-refractivity contribution in [2.75, 3.05) is 19.7 Å². The van der Waals surface area contributed by atoms with Gasteiger partial charge in [-0.05, 0) is 81.3 Å². The molecule has 1 heterocycles. The Hall–Kier alpha value is -2.00. The fourth-order valence-corrected chi connectivity index (χ4v) is 6.46. The molecule has 7 nitrogen and oxygen atoms in total. The summed E-state index contributed by atoms with van der Waals surface area (Å²) in [6.45, 7) is 4.53. The van der Waals surface area contributed by atoms with Crippen LogP contribution in [0.4, 0.5) is 0 Å². The summed E-state index contributed by atoms with van der Waals surface area (Å²) in [5, 5.41) is 0.998.